The number of nitrogens with zero attached hydrogens (tertiary/aromatic N) is 1. The van der Waals surface area contributed by atoms with Gasteiger partial charge < -0.3 is 19.5 Å². The summed E-state index contributed by atoms with van der Waals surface area (Å²) in [5.41, 5.74) is 1.96. The number of ether oxygens (including phenoxy) is 2. The second-order valence-corrected chi connectivity index (χ2v) is 8.93. The van der Waals surface area contributed by atoms with Crippen molar-refractivity contribution < 1.29 is 24.2 Å². The molecule has 6 heteroatoms. The van der Waals surface area contributed by atoms with Crippen LogP contribution >= 0.6 is 0 Å². The third-order valence-corrected chi connectivity index (χ3v) is 5.72. The van der Waals surface area contributed by atoms with Crippen molar-refractivity contribution >= 4 is 17.4 Å². The van der Waals surface area contributed by atoms with Gasteiger partial charge in [-0.3, -0.25) is 9.59 Å². The highest BCUT2D eigenvalue weighted by Gasteiger charge is 2.45. The van der Waals surface area contributed by atoms with Gasteiger partial charge in [-0.25, -0.2) is 0 Å². The van der Waals surface area contributed by atoms with Crippen molar-refractivity contribution in [2.24, 2.45) is 0 Å². The number of amides is 1. The second kappa shape index (κ2) is 9.07. The van der Waals surface area contributed by atoms with E-state index in [9.17, 15) is 14.7 Å². The number of aliphatic hydroxyl groups excluding tert-OH is 1. The minimum atomic E-state index is -0.676. The van der Waals surface area contributed by atoms with Crippen molar-refractivity contribution in [1.29, 1.82) is 0 Å². The van der Waals surface area contributed by atoms with Crippen molar-refractivity contribution in [2.75, 3.05) is 20.8 Å². The van der Waals surface area contributed by atoms with Gasteiger partial charge >= 0.3 is 0 Å². The van der Waals surface area contributed by atoms with Gasteiger partial charge in [0, 0.05) is 17.7 Å². The highest BCUT2D eigenvalue weighted by molar-refractivity contribution is 6.46. The molecule has 6 nitrogen and oxygen atoms in total. The molecule has 1 atom stereocenters. The first-order chi connectivity index (χ1) is 15.1. The Morgan fingerprint density at radius 2 is 1.69 bits per heavy atom. The first kappa shape index (κ1) is 23.4. The van der Waals surface area contributed by atoms with E-state index in [-0.39, 0.29) is 16.7 Å². The molecule has 1 unspecified atom stereocenters. The van der Waals surface area contributed by atoms with E-state index in [0.717, 1.165) is 11.1 Å². The van der Waals surface area contributed by atoms with Crippen LogP contribution < -0.4 is 9.47 Å². The Balaban J connectivity index is 2.21. The quantitative estimate of drug-likeness (QED) is 0.398. The van der Waals surface area contributed by atoms with Gasteiger partial charge in [-0.2, -0.15) is 0 Å². The zero-order valence-corrected chi connectivity index (χ0v) is 19.6. The Kier molecular flexibility index (Phi) is 6.63. The molecule has 1 saturated heterocycles. The minimum absolute atomic E-state index is 0.0960. The van der Waals surface area contributed by atoms with Crippen LogP contribution in [0.2, 0.25) is 0 Å². The number of likely N-dealkylation sites (tertiary alicyclic amines) is 1. The molecule has 1 N–H and O–H groups in total. The number of Topliss-reactive ketones (excluding diaryl/α,β-unsaturated/α-hetero) is 1. The van der Waals surface area contributed by atoms with Crippen LogP contribution in [-0.2, 0) is 15.0 Å². The predicted molar refractivity (Wildman–Crippen MR) is 124 cm³/mol. The Bertz CT molecular complexity index is 1050. The number of carbonyl (C=O) groups excluding carboxylic acids is 2. The molecule has 3 rings (SSSR count). The molecule has 0 aliphatic carbocycles. The fraction of sp³-hybridized carbons (Fsp3) is 0.385. The average molecular weight is 438 g/mol. The summed E-state index contributed by atoms with van der Waals surface area (Å²) >= 11 is 0. The molecular weight excluding hydrogens is 406 g/mol. The molecular formula is C26H31NO5. The van der Waals surface area contributed by atoms with Gasteiger partial charge in [0.1, 0.15) is 17.3 Å². The maximum Gasteiger partial charge on any atom is 0.295 e. The molecule has 170 valence electrons. The lowest BCUT2D eigenvalue weighted by atomic mass is 9.84. The smallest absolute Gasteiger partial charge is 0.295 e. The van der Waals surface area contributed by atoms with Crippen LogP contribution in [0.5, 0.6) is 11.5 Å². The molecule has 0 aromatic heterocycles. The van der Waals surface area contributed by atoms with Crippen molar-refractivity contribution in [3.8, 4) is 11.5 Å². The van der Waals surface area contributed by atoms with E-state index >= 15 is 0 Å². The van der Waals surface area contributed by atoms with Crippen LogP contribution in [-0.4, -0.2) is 42.5 Å². The number of aliphatic hydroxyl groups is 1. The van der Waals surface area contributed by atoms with Gasteiger partial charge in [0.15, 0.2) is 0 Å². The summed E-state index contributed by atoms with van der Waals surface area (Å²) in [6.45, 7) is 8.50. The third-order valence-electron chi connectivity index (χ3n) is 5.72. The van der Waals surface area contributed by atoms with E-state index in [4.69, 9.17) is 9.47 Å². The number of hydrogen-bond acceptors (Lipinski definition) is 5. The van der Waals surface area contributed by atoms with Gasteiger partial charge in [0.25, 0.3) is 11.7 Å². The topological polar surface area (TPSA) is 76.1 Å². The van der Waals surface area contributed by atoms with Crippen molar-refractivity contribution in [1.82, 2.24) is 4.90 Å². The van der Waals surface area contributed by atoms with Gasteiger partial charge in [0.2, 0.25) is 0 Å². The van der Waals surface area contributed by atoms with Crippen LogP contribution in [0.3, 0.4) is 0 Å². The second-order valence-electron chi connectivity index (χ2n) is 8.93. The van der Waals surface area contributed by atoms with Crippen molar-refractivity contribution in [3.05, 3.63) is 64.7 Å². The molecule has 2 aromatic rings. The maximum absolute atomic E-state index is 13.1. The summed E-state index contributed by atoms with van der Waals surface area (Å²) < 4.78 is 10.7. The van der Waals surface area contributed by atoms with Crippen LogP contribution in [0, 0.1) is 0 Å². The first-order valence-corrected chi connectivity index (χ1v) is 10.7. The molecule has 1 amide bonds. The van der Waals surface area contributed by atoms with Gasteiger partial charge in [-0.15, -0.1) is 0 Å². The van der Waals surface area contributed by atoms with Gasteiger partial charge in [-0.05, 0) is 47.7 Å². The lowest BCUT2D eigenvalue weighted by Gasteiger charge is -2.25. The molecule has 1 aliphatic heterocycles. The highest BCUT2D eigenvalue weighted by atomic mass is 16.5. The number of carbonyl (C=O) groups is 2. The molecule has 1 fully saturated rings. The van der Waals surface area contributed by atoms with E-state index in [0.29, 0.717) is 30.0 Å². The standard InChI is InChI=1S/C26H31NO5/c1-7-14-27-22(16-8-11-18(31-5)12-9-16)21(24(29)25(27)30)23(28)17-10-13-20(32-6)19(15-17)26(2,3)4/h8-13,15,22,28H,7,14H2,1-6H3/b23-21-. The maximum atomic E-state index is 13.1. The van der Waals surface area contributed by atoms with Gasteiger partial charge in [-0.1, -0.05) is 39.8 Å². The fourth-order valence-corrected chi connectivity index (χ4v) is 4.08. The predicted octanol–water partition coefficient (Wildman–Crippen LogP) is 4.83. The first-order valence-electron chi connectivity index (χ1n) is 10.7. The summed E-state index contributed by atoms with van der Waals surface area (Å²) in [5.74, 6) is -0.0852. The zero-order chi connectivity index (χ0) is 23.6. The van der Waals surface area contributed by atoms with Crippen LogP contribution in [0.15, 0.2) is 48.0 Å². The zero-order valence-electron chi connectivity index (χ0n) is 19.6. The largest absolute Gasteiger partial charge is 0.507 e. The number of rotatable bonds is 6. The summed E-state index contributed by atoms with van der Waals surface area (Å²) in [6.07, 6.45) is 0.691. The van der Waals surface area contributed by atoms with E-state index in [1.807, 2.05) is 45.9 Å². The summed E-state index contributed by atoms with van der Waals surface area (Å²) in [5, 5.41) is 11.3. The normalized spacial score (nSPS) is 18.2. The number of ketones is 1. The molecule has 0 saturated carbocycles. The lowest BCUT2D eigenvalue weighted by molar-refractivity contribution is -0.139. The average Bonchev–Trinajstić information content (AvgIpc) is 3.03. The van der Waals surface area contributed by atoms with Crippen molar-refractivity contribution in [2.45, 2.75) is 45.6 Å². The molecule has 2 aromatic carbocycles. The summed E-state index contributed by atoms with van der Waals surface area (Å²) in [7, 11) is 3.18. The Labute approximate surface area is 189 Å². The third kappa shape index (κ3) is 4.22. The molecule has 32 heavy (non-hydrogen) atoms. The number of benzene rings is 2. The molecule has 0 bridgehead atoms. The SMILES string of the molecule is CCCN1C(=O)C(=O)/C(=C(\O)c2ccc(OC)c(C(C)(C)C)c2)C1c1ccc(OC)cc1. The Hall–Kier alpha value is -3.28. The highest BCUT2D eigenvalue weighted by Crippen LogP contribution is 2.41. The van der Waals surface area contributed by atoms with Crippen LogP contribution in [0.25, 0.3) is 5.76 Å². The molecule has 1 heterocycles. The summed E-state index contributed by atoms with van der Waals surface area (Å²) in [4.78, 5) is 27.5. The van der Waals surface area contributed by atoms with Crippen LogP contribution in [0.4, 0.5) is 0 Å². The Morgan fingerprint density at radius 3 is 2.22 bits per heavy atom. The number of methoxy groups -OCH3 is 2. The summed E-state index contributed by atoms with van der Waals surface area (Å²) in [6, 6.07) is 11.9. The van der Waals surface area contributed by atoms with Crippen molar-refractivity contribution in [3.63, 3.8) is 0 Å². The Morgan fingerprint density at radius 1 is 1.03 bits per heavy atom. The van der Waals surface area contributed by atoms with E-state index < -0.39 is 17.7 Å². The van der Waals surface area contributed by atoms with Crippen LogP contribution in [0.1, 0.15) is 56.8 Å². The molecule has 0 spiro atoms. The lowest BCUT2D eigenvalue weighted by Crippen LogP contribution is -2.30. The van der Waals surface area contributed by atoms with Gasteiger partial charge in [0.05, 0.1) is 25.8 Å². The number of hydrogen-bond donors (Lipinski definition) is 1. The molecule has 1 aliphatic rings. The fourth-order valence-electron chi connectivity index (χ4n) is 4.08. The van der Waals surface area contributed by atoms with E-state index in [1.54, 1.807) is 38.5 Å². The van der Waals surface area contributed by atoms with E-state index in [2.05, 4.69) is 0 Å². The monoisotopic (exact) mass is 437 g/mol. The van der Waals surface area contributed by atoms with E-state index in [1.165, 1.54) is 4.90 Å². The molecule has 0 radical (unpaired) electrons. The minimum Gasteiger partial charge on any atom is -0.507 e.